The standard InChI is InChI=1S/C24H26N4O4/c1-31-11-9-25-23(29)18-12-20(26-19-5-3-2-4-17(18)19)16-8-10-28(14-16)24(30)21-13-22(32-27-21)15-6-7-15/h2-5,12-13,15-16H,6-11,14H2,1H3,(H,25,29)/t16-/m0/s1. The number of para-hydroxylation sites is 1. The van der Waals surface area contributed by atoms with E-state index in [0.29, 0.717) is 43.4 Å². The van der Waals surface area contributed by atoms with Crippen LogP contribution in [-0.2, 0) is 4.74 Å². The molecule has 1 saturated heterocycles. The van der Waals surface area contributed by atoms with Crippen LogP contribution < -0.4 is 5.32 Å². The van der Waals surface area contributed by atoms with Gasteiger partial charge in [-0.1, -0.05) is 23.4 Å². The molecule has 1 atom stereocenters. The molecule has 0 spiro atoms. The number of aromatic nitrogens is 2. The maximum Gasteiger partial charge on any atom is 0.276 e. The topological polar surface area (TPSA) is 97.6 Å². The molecule has 8 heteroatoms. The number of methoxy groups -OCH3 is 1. The summed E-state index contributed by atoms with van der Waals surface area (Å²) >= 11 is 0. The number of fused-ring (bicyclic) bond motifs is 1. The van der Waals surface area contributed by atoms with Gasteiger partial charge in [0.1, 0.15) is 5.76 Å². The summed E-state index contributed by atoms with van der Waals surface area (Å²) in [6.07, 6.45) is 2.99. The van der Waals surface area contributed by atoms with Crippen molar-refractivity contribution in [1.82, 2.24) is 20.4 Å². The smallest absolute Gasteiger partial charge is 0.276 e. The van der Waals surface area contributed by atoms with Crippen molar-refractivity contribution in [2.24, 2.45) is 0 Å². The van der Waals surface area contributed by atoms with Crippen molar-refractivity contribution >= 4 is 22.7 Å². The van der Waals surface area contributed by atoms with E-state index < -0.39 is 0 Å². The molecule has 2 fully saturated rings. The molecule has 0 radical (unpaired) electrons. The van der Waals surface area contributed by atoms with E-state index in [2.05, 4.69) is 10.5 Å². The van der Waals surface area contributed by atoms with Crippen molar-refractivity contribution in [2.45, 2.75) is 31.1 Å². The van der Waals surface area contributed by atoms with Crippen LogP contribution in [0.15, 0.2) is 40.9 Å². The van der Waals surface area contributed by atoms with E-state index in [9.17, 15) is 9.59 Å². The number of pyridine rings is 1. The van der Waals surface area contributed by atoms with Crippen LogP contribution in [0.4, 0.5) is 0 Å². The van der Waals surface area contributed by atoms with Crippen LogP contribution >= 0.6 is 0 Å². The predicted molar refractivity (Wildman–Crippen MR) is 118 cm³/mol. The van der Waals surface area contributed by atoms with E-state index in [4.69, 9.17) is 14.2 Å². The van der Waals surface area contributed by atoms with Crippen LogP contribution in [0.1, 0.15) is 63.4 Å². The van der Waals surface area contributed by atoms with E-state index in [1.165, 1.54) is 0 Å². The predicted octanol–water partition coefficient (Wildman–Crippen LogP) is 3.11. The third kappa shape index (κ3) is 4.10. The summed E-state index contributed by atoms with van der Waals surface area (Å²) in [5.74, 6) is 1.03. The zero-order valence-corrected chi connectivity index (χ0v) is 18.0. The number of amides is 2. The lowest BCUT2D eigenvalue weighted by Crippen LogP contribution is -2.29. The van der Waals surface area contributed by atoms with E-state index in [1.807, 2.05) is 30.3 Å². The highest BCUT2D eigenvalue weighted by molar-refractivity contribution is 6.06. The molecule has 0 bridgehead atoms. The Hall–Kier alpha value is -3.26. The molecule has 2 amide bonds. The SMILES string of the molecule is COCCNC(=O)c1cc([C@H]2CCN(C(=O)c3cc(C4CC4)on3)C2)nc2ccccc12. The first-order valence-corrected chi connectivity index (χ1v) is 11.1. The molecule has 2 aromatic heterocycles. The molecule has 1 saturated carbocycles. The highest BCUT2D eigenvalue weighted by atomic mass is 16.5. The van der Waals surface area contributed by atoms with Gasteiger partial charge in [-0.25, -0.2) is 0 Å². The lowest BCUT2D eigenvalue weighted by Gasteiger charge is -2.16. The summed E-state index contributed by atoms with van der Waals surface area (Å²) in [6.45, 7) is 2.05. The van der Waals surface area contributed by atoms with Gasteiger partial charge in [0, 0.05) is 55.7 Å². The molecule has 2 aliphatic rings. The largest absolute Gasteiger partial charge is 0.383 e. The lowest BCUT2D eigenvalue weighted by atomic mass is 9.99. The molecule has 1 aromatic carbocycles. The number of carbonyl (C=O) groups is 2. The molecule has 5 rings (SSSR count). The van der Waals surface area contributed by atoms with Crippen molar-refractivity contribution in [3.63, 3.8) is 0 Å². The third-order valence-electron chi connectivity index (χ3n) is 6.19. The number of rotatable bonds is 7. The Balaban J connectivity index is 1.36. The number of benzene rings is 1. The van der Waals surface area contributed by atoms with Gasteiger partial charge in [0.05, 0.1) is 17.7 Å². The Morgan fingerprint density at radius 2 is 2.03 bits per heavy atom. The summed E-state index contributed by atoms with van der Waals surface area (Å²) in [6, 6.07) is 11.3. The van der Waals surface area contributed by atoms with Crippen LogP contribution in [0, 0.1) is 0 Å². The minimum Gasteiger partial charge on any atom is -0.383 e. The minimum absolute atomic E-state index is 0.0592. The summed E-state index contributed by atoms with van der Waals surface area (Å²) in [5.41, 5.74) is 2.57. The second-order valence-corrected chi connectivity index (χ2v) is 8.49. The van der Waals surface area contributed by atoms with Gasteiger partial charge in [-0.3, -0.25) is 14.6 Å². The summed E-state index contributed by atoms with van der Waals surface area (Å²) in [7, 11) is 1.60. The van der Waals surface area contributed by atoms with Crippen LogP contribution in [0.5, 0.6) is 0 Å². The van der Waals surface area contributed by atoms with Crippen molar-refractivity contribution in [3.8, 4) is 0 Å². The maximum absolute atomic E-state index is 12.9. The first-order chi connectivity index (χ1) is 15.6. The van der Waals surface area contributed by atoms with Crippen molar-refractivity contribution in [1.29, 1.82) is 0 Å². The van der Waals surface area contributed by atoms with Gasteiger partial charge in [0.15, 0.2) is 5.69 Å². The number of ether oxygens (including phenoxy) is 1. The maximum atomic E-state index is 12.9. The highest BCUT2D eigenvalue weighted by Gasteiger charge is 2.33. The highest BCUT2D eigenvalue weighted by Crippen LogP contribution is 2.40. The number of carbonyl (C=O) groups excluding carboxylic acids is 2. The van der Waals surface area contributed by atoms with Crippen molar-refractivity contribution in [2.75, 3.05) is 33.4 Å². The van der Waals surface area contributed by atoms with E-state index >= 15 is 0 Å². The number of nitrogens with one attached hydrogen (secondary N) is 1. The van der Waals surface area contributed by atoms with Gasteiger partial charge < -0.3 is 19.5 Å². The lowest BCUT2D eigenvalue weighted by molar-refractivity contribution is 0.0779. The van der Waals surface area contributed by atoms with Crippen LogP contribution in [0.25, 0.3) is 10.9 Å². The molecule has 32 heavy (non-hydrogen) atoms. The minimum atomic E-state index is -0.150. The molecular formula is C24H26N4O4. The van der Waals surface area contributed by atoms with Gasteiger partial charge in [-0.15, -0.1) is 0 Å². The Bertz CT molecular complexity index is 1150. The molecular weight excluding hydrogens is 408 g/mol. The molecule has 1 aliphatic carbocycles. The fourth-order valence-corrected chi connectivity index (χ4v) is 4.25. The number of hydrogen-bond acceptors (Lipinski definition) is 6. The molecule has 1 N–H and O–H groups in total. The second kappa shape index (κ2) is 8.70. The summed E-state index contributed by atoms with van der Waals surface area (Å²) in [5, 5.41) is 7.70. The Morgan fingerprint density at radius 1 is 1.19 bits per heavy atom. The fourth-order valence-electron chi connectivity index (χ4n) is 4.25. The van der Waals surface area contributed by atoms with E-state index in [0.717, 1.165) is 41.6 Å². The summed E-state index contributed by atoms with van der Waals surface area (Å²) in [4.78, 5) is 32.4. The Kier molecular flexibility index (Phi) is 5.61. The second-order valence-electron chi connectivity index (χ2n) is 8.49. The van der Waals surface area contributed by atoms with Crippen molar-refractivity contribution in [3.05, 3.63) is 59.1 Å². The molecule has 3 aromatic rings. The zero-order chi connectivity index (χ0) is 22.1. The van der Waals surface area contributed by atoms with Crippen LogP contribution in [-0.4, -0.2) is 60.2 Å². The van der Waals surface area contributed by atoms with E-state index in [1.54, 1.807) is 18.1 Å². The number of hydrogen-bond donors (Lipinski definition) is 1. The van der Waals surface area contributed by atoms with Gasteiger partial charge in [0.25, 0.3) is 11.8 Å². The summed E-state index contributed by atoms with van der Waals surface area (Å²) < 4.78 is 10.4. The zero-order valence-electron chi connectivity index (χ0n) is 18.0. The normalized spacial score (nSPS) is 18.3. The molecule has 3 heterocycles. The first kappa shape index (κ1) is 20.6. The monoisotopic (exact) mass is 434 g/mol. The molecule has 1 aliphatic heterocycles. The quantitative estimate of drug-likeness (QED) is 0.574. The van der Waals surface area contributed by atoms with Crippen molar-refractivity contribution < 1.29 is 18.8 Å². The molecule has 8 nitrogen and oxygen atoms in total. The van der Waals surface area contributed by atoms with Gasteiger partial charge in [-0.2, -0.15) is 0 Å². The Labute approximate surface area is 185 Å². The first-order valence-electron chi connectivity index (χ1n) is 11.1. The average Bonchev–Trinajstić information content (AvgIpc) is 3.34. The number of likely N-dealkylation sites (tertiary alicyclic amines) is 1. The average molecular weight is 434 g/mol. The Morgan fingerprint density at radius 3 is 2.84 bits per heavy atom. The van der Waals surface area contributed by atoms with Gasteiger partial charge in [-0.05, 0) is 31.4 Å². The molecule has 0 unspecified atom stereocenters. The molecule has 166 valence electrons. The fraction of sp³-hybridized carbons (Fsp3) is 0.417. The van der Waals surface area contributed by atoms with Gasteiger partial charge >= 0.3 is 0 Å². The van der Waals surface area contributed by atoms with Gasteiger partial charge in [0.2, 0.25) is 0 Å². The van der Waals surface area contributed by atoms with Crippen LogP contribution in [0.3, 0.4) is 0 Å². The van der Waals surface area contributed by atoms with Crippen LogP contribution in [0.2, 0.25) is 0 Å². The van der Waals surface area contributed by atoms with E-state index in [-0.39, 0.29) is 17.7 Å². The third-order valence-corrected chi connectivity index (χ3v) is 6.19. The number of nitrogens with zero attached hydrogens (tertiary/aromatic N) is 3.